The Morgan fingerprint density at radius 3 is 2.68 bits per heavy atom. The number of anilines is 1. The van der Waals surface area contributed by atoms with Gasteiger partial charge in [-0.15, -0.1) is 11.3 Å². The smallest absolute Gasteiger partial charge is 0.309 e. The van der Waals surface area contributed by atoms with E-state index in [4.69, 9.17) is 19.6 Å². The van der Waals surface area contributed by atoms with Gasteiger partial charge in [0.1, 0.15) is 23.8 Å². The van der Waals surface area contributed by atoms with Crippen LogP contribution in [-0.4, -0.2) is 47.9 Å². The van der Waals surface area contributed by atoms with Crippen molar-refractivity contribution in [3.8, 4) is 17.0 Å². The van der Waals surface area contributed by atoms with Gasteiger partial charge in [-0.3, -0.25) is 4.79 Å². The van der Waals surface area contributed by atoms with Gasteiger partial charge in [-0.25, -0.2) is 9.37 Å². The average molecular weight is 584 g/mol. The second-order valence-corrected chi connectivity index (χ2v) is 12.3. The van der Waals surface area contributed by atoms with E-state index in [9.17, 15) is 9.18 Å². The predicted octanol–water partition coefficient (Wildman–Crippen LogP) is 6.04. The number of benzene rings is 2. The Kier molecular flexibility index (Phi) is 10.4. The fraction of sp³-hybridized carbons (Fsp3) is 0.500. The van der Waals surface area contributed by atoms with Crippen molar-refractivity contribution in [3.05, 3.63) is 63.8 Å². The number of hydrogen-bond acceptors (Lipinski definition) is 8. The summed E-state index contributed by atoms with van der Waals surface area (Å²) < 4.78 is 26.6. The third-order valence-corrected chi connectivity index (χ3v) is 7.99. The molecule has 2 N–H and O–H groups in total. The first-order valence-corrected chi connectivity index (χ1v) is 15.3. The normalized spacial score (nSPS) is 15.5. The molecule has 0 bridgehead atoms. The number of aliphatic hydroxyl groups excluding tert-OH is 1. The Labute approximate surface area is 246 Å². The molecule has 0 radical (unpaired) electrons. The van der Waals surface area contributed by atoms with E-state index >= 15 is 0 Å². The van der Waals surface area contributed by atoms with Crippen molar-refractivity contribution >= 4 is 22.4 Å². The van der Waals surface area contributed by atoms with Crippen LogP contribution in [0, 0.1) is 18.7 Å². The van der Waals surface area contributed by atoms with E-state index in [1.807, 2.05) is 45.9 Å². The number of aliphatic hydroxyl groups is 1. The number of rotatable bonds is 6. The highest BCUT2D eigenvalue weighted by Crippen LogP contribution is 2.37. The van der Waals surface area contributed by atoms with Gasteiger partial charge < -0.3 is 24.8 Å². The van der Waals surface area contributed by atoms with E-state index in [1.165, 1.54) is 0 Å². The molecule has 1 saturated heterocycles. The molecule has 3 heterocycles. The lowest BCUT2D eigenvalue weighted by molar-refractivity contribution is -0.160. The molecule has 1 fully saturated rings. The molecule has 0 saturated carbocycles. The molecule has 3 aromatic rings. The molecule has 41 heavy (non-hydrogen) atoms. The molecule has 7 nitrogen and oxygen atoms in total. The first-order valence-electron chi connectivity index (χ1n) is 14.4. The Morgan fingerprint density at radius 2 is 1.98 bits per heavy atom. The molecule has 222 valence electrons. The van der Waals surface area contributed by atoms with Crippen molar-refractivity contribution in [2.75, 3.05) is 31.1 Å². The van der Waals surface area contributed by atoms with E-state index in [0.717, 1.165) is 83.3 Å². The fourth-order valence-corrected chi connectivity index (χ4v) is 6.00. The molecular weight excluding hydrogens is 541 g/mol. The van der Waals surface area contributed by atoms with Gasteiger partial charge in [-0.2, -0.15) is 0 Å². The number of ether oxygens (including phenoxy) is 2. The average Bonchev–Trinajstić information content (AvgIpc) is 3.42. The zero-order valence-corrected chi connectivity index (χ0v) is 25.6. The summed E-state index contributed by atoms with van der Waals surface area (Å²) in [4.78, 5) is 19.7. The number of para-hydroxylation sites is 1. The van der Waals surface area contributed by atoms with E-state index in [1.54, 1.807) is 24.3 Å². The molecule has 0 unspecified atom stereocenters. The fourth-order valence-electron chi connectivity index (χ4n) is 5.12. The standard InChI is InChI=1S/C30H36FN3O3S.C2H6O/c1-19-6-5-7-23(27(19)36-17-20-14-22-8-11-32-16-24(22)25(31)15-20)26-18-38-29(33-26)34-12-9-21(10-13-34)28(35)37-30(2,3)4;1-2-3/h5-7,14-15,18,21,32H,8-13,16-17H2,1-4H3;3H,2H2,1H3. The van der Waals surface area contributed by atoms with Gasteiger partial charge in [0, 0.05) is 42.7 Å². The summed E-state index contributed by atoms with van der Waals surface area (Å²) >= 11 is 1.60. The Balaban J connectivity index is 0.00000124. The van der Waals surface area contributed by atoms with Crippen molar-refractivity contribution in [1.29, 1.82) is 0 Å². The quantitative estimate of drug-likeness (QED) is 0.343. The third kappa shape index (κ3) is 8.05. The van der Waals surface area contributed by atoms with Crippen LogP contribution >= 0.6 is 11.3 Å². The van der Waals surface area contributed by atoms with E-state index < -0.39 is 5.60 Å². The molecule has 2 aliphatic heterocycles. The number of fused-ring (bicyclic) bond motifs is 1. The summed E-state index contributed by atoms with van der Waals surface area (Å²) in [6, 6.07) is 9.71. The van der Waals surface area contributed by atoms with Crippen LogP contribution in [0.4, 0.5) is 9.52 Å². The van der Waals surface area contributed by atoms with Crippen LogP contribution in [0.5, 0.6) is 5.75 Å². The molecule has 5 rings (SSSR count). The highest BCUT2D eigenvalue weighted by Gasteiger charge is 2.30. The maximum absolute atomic E-state index is 14.7. The summed E-state index contributed by atoms with van der Waals surface area (Å²) in [5.74, 6) is 0.436. The summed E-state index contributed by atoms with van der Waals surface area (Å²) in [5.41, 5.74) is 5.01. The number of nitrogens with one attached hydrogen (secondary N) is 1. The molecule has 0 atom stereocenters. The van der Waals surface area contributed by atoms with Gasteiger partial charge in [0.15, 0.2) is 5.13 Å². The maximum Gasteiger partial charge on any atom is 0.309 e. The first kappa shape index (κ1) is 30.9. The second kappa shape index (κ2) is 13.8. The van der Waals surface area contributed by atoms with Gasteiger partial charge in [0.2, 0.25) is 0 Å². The van der Waals surface area contributed by atoms with Crippen LogP contribution in [0.1, 0.15) is 62.8 Å². The van der Waals surface area contributed by atoms with Gasteiger partial charge in [-0.05, 0) is 89.2 Å². The van der Waals surface area contributed by atoms with Crippen LogP contribution in [0.25, 0.3) is 11.3 Å². The Bertz CT molecular complexity index is 1330. The van der Waals surface area contributed by atoms with Crippen molar-refractivity contribution in [2.24, 2.45) is 5.92 Å². The van der Waals surface area contributed by atoms with Crippen molar-refractivity contribution in [2.45, 2.75) is 72.6 Å². The van der Waals surface area contributed by atoms with Crippen LogP contribution in [-0.2, 0) is 29.1 Å². The van der Waals surface area contributed by atoms with E-state index in [0.29, 0.717) is 13.2 Å². The molecule has 9 heteroatoms. The number of aryl methyl sites for hydroxylation is 1. The van der Waals surface area contributed by atoms with E-state index in [2.05, 4.69) is 21.7 Å². The molecule has 0 aliphatic carbocycles. The first-order chi connectivity index (χ1) is 19.6. The Hall–Kier alpha value is -3.01. The van der Waals surface area contributed by atoms with Gasteiger partial charge in [-0.1, -0.05) is 18.2 Å². The number of aromatic nitrogens is 1. The number of nitrogens with zero attached hydrogens (tertiary/aromatic N) is 2. The largest absolute Gasteiger partial charge is 0.488 e. The lowest BCUT2D eigenvalue weighted by Gasteiger charge is -2.32. The minimum absolute atomic E-state index is 0.0635. The molecule has 2 aromatic carbocycles. The number of thiazole rings is 1. The predicted molar refractivity (Wildman–Crippen MR) is 162 cm³/mol. The molecule has 1 aromatic heterocycles. The lowest BCUT2D eigenvalue weighted by atomic mass is 9.97. The molecular formula is C32H42FN3O4S. The topological polar surface area (TPSA) is 83.9 Å². The molecule has 0 amide bonds. The minimum atomic E-state index is -0.461. The highest BCUT2D eigenvalue weighted by atomic mass is 32.1. The van der Waals surface area contributed by atoms with Crippen molar-refractivity contribution in [1.82, 2.24) is 10.3 Å². The van der Waals surface area contributed by atoms with Crippen LogP contribution in [0.15, 0.2) is 35.7 Å². The minimum Gasteiger partial charge on any atom is -0.488 e. The van der Waals surface area contributed by atoms with Gasteiger partial charge in [0.05, 0.1) is 11.6 Å². The van der Waals surface area contributed by atoms with Crippen LogP contribution in [0.3, 0.4) is 0 Å². The number of piperidine rings is 1. The number of esters is 1. The summed E-state index contributed by atoms with van der Waals surface area (Å²) in [6.07, 6.45) is 2.35. The molecule has 2 aliphatic rings. The number of hydrogen-bond donors (Lipinski definition) is 2. The number of halogens is 1. The number of carbonyl (C=O) groups is 1. The van der Waals surface area contributed by atoms with E-state index in [-0.39, 0.29) is 24.3 Å². The van der Waals surface area contributed by atoms with Crippen molar-refractivity contribution < 1.29 is 23.8 Å². The summed E-state index contributed by atoms with van der Waals surface area (Å²) in [7, 11) is 0. The lowest BCUT2D eigenvalue weighted by Crippen LogP contribution is -2.38. The summed E-state index contributed by atoms with van der Waals surface area (Å²) in [6.45, 7) is 13.0. The third-order valence-electron chi connectivity index (χ3n) is 7.09. The zero-order valence-electron chi connectivity index (χ0n) is 24.8. The molecule has 0 spiro atoms. The van der Waals surface area contributed by atoms with Gasteiger partial charge in [0.25, 0.3) is 0 Å². The zero-order chi connectivity index (χ0) is 29.6. The van der Waals surface area contributed by atoms with Crippen LogP contribution < -0.4 is 15.0 Å². The number of carbonyl (C=O) groups excluding carboxylic acids is 1. The second-order valence-electron chi connectivity index (χ2n) is 11.5. The maximum atomic E-state index is 14.7. The van der Waals surface area contributed by atoms with Gasteiger partial charge >= 0.3 is 5.97 Å². The van der Waals surface area contributed by atoms with Crippen molar-refractivity contribution in [3.63, 3.8) is 0 Å². The highest BCUT2D eigenvalue weighted by molar-refractivity contribution is 7.14. The monoisotopic (exact) mass is 583 g/mol. The van der Waals surface area contributed by atoms with Crippen LogP contribution in [0.2, 0.25) is 0 Å². The SMILES string of the molecule is CCO.Cc1cccc(-c2csc(N3CCC(C(=O)OC(C)(C)C)CC3)n2)c1OCc1cc(F)c2c(c1)CCNC2. The Morgan fingerprint density at radius 1 is 1.24 bits per heavy atom. The summed E-state index contributed by atoms with van der Waals surface area (Å²) in [5, 5.41) is 13.8.